The predicted molar refractivity (Wildman–Crippen MR) is 163 cm³/mol. The van der Waals surface area contributed by atoms with Crippen LogP contribution in [0.15, 0.2) is 84.1 Å². The summed E-state index contributed by atoms with van der Waals surface area (Å²) >= 11 is 1.49. The van der Waals surface area contributed by atoms with Gasteiger partial charge in [0.2, 0.25) is 0 Å². The Hall–Kier alpha value is -4.32. The molecule has 0 bridgehead atoms. The number of carbonyl (C=O) groups is 1. The van der Waals surface area contributed by atoms with Crippen LogP contribution in [0.5, 0.6) is 5.75 Å². The number of rotatable bonds is 9. The lowest BCUT2D eigenvalue weighted by Gasteiger charge is -2.13. The average Bonchev–Trinajstić information content (AvgIpc) is 3.55. The molecule has 1 heterocycles. The molecule has 2 atom stereocenters. The molecule has 1 aliphatic rings. The van der Waals surface area contributed by atoms with E-state index in [1.807, 2.05) is 49.4 Å². The number of nitrogens with zero attached hydrogens (tertiary/aromatic N) is 4. The number of anilines is 1. The molecule has 2 N–H and O–H groups in total. The van der Waals surface area contributed by atoms with Gasteiger partial charge in [-0.15, -0.1) is 18.3 Å². The van der Waals surface area contributed by atoms with Crippen LogP contribution in [-0.4, -0.2) is 44.1 Å². The number of nitrogens with one attached hydrogen (secondary N) is 2. The molecule has 43 heavy (non-hydrogen) atoms. The molecule has 224 valence electrons. The third-order valence-electron chi connectivity index (χ3n) is 6.79. The van der Waals surface area contributed by atoms with Crippen LogP contribution in [-0.2, 0) is 6.42 Å². The number of alkyl halides is 3. The molecule has 4 aromatic rings. The molecule has 12 heteroatoms. The second kappa shape index (κ2) is 13.3. The van der Waals surface area contributed by atoms with Crippen LogP contribution in [0.1, 0.15) is 43.7 Å². The van der Waals surface area contributed by atoms with E-state index in [2.05, 4.69) is 43.4 Å². The van der Waals surface area contributed by atoms with Crippen molar-refractivity contribution >= 4 is 28.6 Å². The van der Waals surface area contributed by atoms with Gasteiger partial charge in [-0.05, 0) is 60.1 Å². The van der Waals surface area contributed by atoms with Gasteiger partial charge in [0.15, 0.2) is 11.0 Å². The number of carbonyl (C=O) groups excluding carboxylic acids is 1. The highest BCUT2D eigenvalue weighted by Gasteiger charge is 2.39. The zero-order chi connectivity index (χ0) is 30.4. The van der Waals surface area contributed by atoms with Crippen LogP contribution < -0.4 is 15.4 Å². The third-order valence-corrected chi connectivity index (χ3v) is 7.54. The zero-order valence-corrected chi connectivity index (χ0v) is 24.5. The first-order chi connectivity index (χ1) is 20.7. The molecule has 0 saturated heterocycles. The third kappa shape index (κ3) is 8.16. The van der Waals surface area contributed by atoms with Gasteiger partial charge in [-0.1, -0.05) is 74.5 Å². The number of hydrogen-bond donors (Lipinski definition) is 2. The number of halogens is 3. The molecular formula is C31H31F3N6O2S. The highest BCUT2D eigenvalue weighted by molar-refractivity contribution is 8.14. The van der Waals surface area contributed by atoms with Crippen LogP contribution in [0.3, 0.4) is 0 Å². The van der Waals surface area contributed by atoms with E-state index in [-0.39, 0.29) is 23.7 Å². The summed E-state index contributed by atoms with van der Waals surface area (Å²) in [5.74, 6) is 1.14. The molecule has 0 aliphatic heterocycles. The Bertz CT molecular complexity index is 1570. The minimum Gasteiger partial charge on any atom is -0.406 e. The summed E-state index contributed by atoms with van der Waals surface area (Å²) in [7, 11) is 0. The number of urea groups is 1. The topological polar surface area (TPSA) is 93.4 Å². The summed E-state index contributed by atoms with van der Waals surface area (Å²) < 4.78 is 42.6. The summed E-state index contributed by atoms with van der Waals surface area (Å²) in [5.41, 5.74) is 4.59. The smallest absolute Gasteiger partial charge is 0.406 e. The van der Waals surface area contributed by atoms with Gasteiger partial charge >= 0.3 is 12.4 Å². The maximum absolute atomic E-state index is 12.8. The van der Waals surface area contributed by atoms with Crippen molar-refractivity contribution in [1.82, 2.24) is 20.1 Å². The number of hydrogen-bond acceptors (Lipinski definition) is 5. The molecule has 1 aliphatic carbocycles. The Morgan fingerprint density at radius 3 is 2.51 bits per heavy atom. The SMILES string of the molecule is CCCc1ccccc1N/C(=N/C(=O)NC1CC1c1ccc(-c2ncn(-c3ccc(OC(F)(F)F)cc3)n2)cc1)SCC. The molecule has 0 radical (unpaired) electrons. The highest BCUT2D eigenvalue weighted by Crippen LogP contribution is 2.41. The molecule has 3 aromatic carbocycles. The van der Waals surface area contributed by atoms with Crippen molar-refractivity contribution in [1.29, 1.82) is 0 Å². The van der Waals surface area contributed by atoms with Crippen molar-refractivity contribution in [3.63, 3.8) is 0 Å². The summed E-state index contributed by atoms with van der Waals surface area (Å²) in [5, 5.41) is 11.4. The van der Waals surface area contributed by atoms with Crippen LogP contribution in [0.2, 0.25) is 0 Å². The minimum absolute atomic E-state index is 0.00369. The van der Waals surface area contributed by atoms with E-state index in [1.54, 1.807) is 0 Å². The van der Waals surface area contributed by atoms with E-state index in [9.17, 15) is 18.0 Å². The Morgan fingerprint density at radius 1 is 1.07 bits per heavy atom. The monoisotopic (exact) mass is 608 g/mol. The van der Waals surface area contributed by atoms with Gasteiger partial charge in [0.1, 0.15) is 12.1 Å². The largest absolute Gasteiger partial charge is 0.573 e. The normalized spacial score (nSPS) is 16.5. The molecule has 0 spiro atoms. The van der Waals surface area contributed by atoms with Gasteiger partial charge in [0.25, 0.3) is 0 Å². The van der Waals surface area contributed by atoms with Gasteiger partial charge in [-0.2, -0.15) is 4.99 Å². The number of aromatic nitrogens is 3. The van der Waals surface area contributed by atoms with Gasteiger partial charge in [-0.25, -0.2) is 14.5 Å². The van der Waals surface area contributed by atoms with E-state index in [0.717, 1.165) is 41.8 Å². The lowest BCUT2D eigenvalue weighted by Crippen LogP contribution is -2.25. The molecule has 2 unspecified atom stereocenters. The van der Waals surface area contributed by atoms with E-state index in [4.69, 9.17) is 0 Å². The fourth-order valence-corrected chi connectivity index (χ4v) is 5.29. The fraction of sp³-hybridized carbons (Fsp3) is 0.290. The predicted octanol–water partition coefficient (Wildman–Crippen LogP) is 7.57. The van der Waals surface area contributed by atoms with Crippen LogP contribution in [0.4, 0.5) is 23.7 Å². The van der Waals surface area contributed by atoms with Crippen molar-refractivity contribution in [2.75, 3.05) is 11.1 Å². The lowest BCUT2D eigenvalue weighted by molar-refractivity contribution is -0.274. The minimum atomic E-state index is -4.75. The molecule has 5 rings (SSSR count). The Morgan fingerprint density at radius 2 is 1.81 bits per heavy atom. The second-order valence-electron chi connectivity index (χ2n) is 9.96. The standard InChI is InChI=1S/C31H31F3N6O2S/c1-3-7-21-8-5-6-9-26(21)37-30(43-4-2)38-29(41)36-27-18-25(27)20-10-12-22(13-11-20)28-35-19-40(39-28)23-14-16-24(17-15-23)42-31(32,33)34/h5-6,8-17,19,25,27H,3-4,7,18H2,1-2H3,(H2,36,37,38,41). The van der Waals surface area contributed by atoms with E-state index >= 15 is 0 Å². The van der Waals surface area contributed by atoms with Gasteiger partial charge in [0.05, 0.1) is 5.69 Å². The maximum atomic E-state index is 12.8. The number of amides is 2. The van der Waals surface area contributed by atoms with Crippen molar-refractivity contribution in [2.45, 2.75) is 51.4 Å². The number of para-hydroxylation sites is 1. The summed E-state index contributed by atoms with van der Waals surface area (Å²) in [6.45, 7) is 4.16. The molecule has 2 amide bonds. The maximum Gasteiger partial charge on any atom is 0.573 e. The summed E-state index contributed by atoms with van der Waals surface area (Å²) in [4.78, 5) is 21.4. The van der Waals surface area contributed by atoms with Crippen LogP contribution in [0, 0.1) is 0 Å². The first-order valence-electron chi connectivity index (χ1n) is 14.0. The first-order valence-corrected chi connectivity index (χ1v) is 15.0. The average molecular weight is 609 g/mol. The van der Waals surface area contributed by atoms with E-state index < -0.39 is 6.36 Å². The number of aryl methyl sites for hydroxylation is 1. The van der Waals surface area contributed by atoms with Crippen molar-refractivity contribution < 1.29 is 22.7 Å². The number of aliphatic imine (C=N–C) groups is 1. The summed E-state index contributed by atoms with van der Waals surface area (Å²) in [6.07, 6.45) is -0.456. The van der Waals surface area contributed by atoms with E-state index in [0.29, 0.717) is 16.7 Å². The number of amidine groups is 1. The number of benzene rings is 3. The Labute approximate surface area is 251 Å². The number of thioether (sulfide) groups is 1. The van der Waals surface area contributed by atoms with Crippen LogP contribution >= 0.6 is 11.8 Å². The highest BCUT2D eigenvalue weighted by atomic mass is 32.2. The zero-order valence-electron chi connectivity index (χ0n) is 23.6. The van der Waals surface area contributed by atoms with Crippen molar-refractivity contribution in [3.8, 4) is 22.8 Å². The Balaban J connectivity index is 1.17. The van der Waals surface area contributed by atoms with Crippen molar-refractivity contribution in [3.05, 3.63) is 90.3 Å². The van der Waals surface area contributed by atoms with Gasteiger partial charge in [0, 0.05) is 23.2 Å². The van der Waals surface area contributed by atoms with E-state index in [1.165, 1.54) is 52.6 Å². The quantitative estimate of drug-likeness (QED) is 0.150. The molecular weight excluding hydrogens is 577 g/mol. The first kappa shape index (κ1) is 30.1. The second-order valence-corrected chi connectivity index (χ2v) is 11.2. The fourth-order valence-electron chi connectivity index (χ4n) is 4.68. The van der Waals surface area contributed by atoms with Crippen molar-refractivity contribution in [2.24, 2.45) is 4.99 Å². The number of ether oxygens (including phenoxy) is 1. The molecule has 1 fully saturated rings. The van der Waals surface area contributed by atoms with Crippen LogP contribution in [0.25, 0.3) is 17.1 Å². The molecule has 8 nitrogen and oxygen atoms in total. The summed E-state index contributed by atoms with van der Waals surface area (Å²) in [6, 6.07) is 20.9. The Kier molecular flexibility index (Phi) is 9.34. The molecule has 1 aromatic heterocycles. The molecule has 1 saturated carbocycles. The van der Waals surface area contributed by atoms with Gasteiger partial charge < -0.3 is 15.4 Å². The lowest BCUT2D eigenvalue weighted by atomic mass is 10.1. The van der Waals surface area contributed by atoms with Gasteiger partial charge in [-0.3, -0.25) is 0 Å².